The standard InChI is InChI=1S/C17H19N.ClH/c1-3-8-16(9-4-1)12-7-14-18-15-13-17-10-5-2-6-11-17;/h1-12,18H,13-15H2;1H/b12-7+;. The molecule has 0 radical (unpaired) electrons. The van der Waals surface area contributed by atoms with Gasteiger partial charge in [0, 0.05) is 6.42 Å². The predicted molar refractivity (Wildman–Crippen MR) is 77.3 cm³/mol. The van der Waals surface area contributed by atoms with Gasteiger partial charge in [0.05, 0.1) is 13.1 Å². The predicted octanol–water partition coefficient (Wildman–Crippen LogP) is -0.490. The Morgan fingerprint density at radius 1 is 0.842 bits per heavy atom. The van der Waals surface area contributed by atoms with Gasteiger partial charge in [-0.15, -0.1) is 0 Å². The highest BCUT2D eigenvalue weighted by atomic mass is 35.5. The normalized spacial score (nSPS) is 10.3. The molecule has 2 rings (SSSR count). The molecule has 0 heterocycles. The van der Waals surface area contributed by atoms with Crippen molar-refractivity contribution in [2.45, 2.75) is 6.42 Å². The summed E-state index contributed by atoms with van der Waals surface area (Å²) in [5, 5.41) is 2.34. The van der Waals surface area contributed by atoms with Crippen LogP contribution in [0.25, 0.3) is 6.08 Å². The van der Waals surface area contributed by atoms with Crippen molar-refractivity contribution in [2.75, 3.05) is 13.1 Å². The van der Waals surface area contributed by atoms with Gasteiger partial charge in [-0.25, -0.2) is 0 Å². The first-order valence-electron chi connectivity index (χ1n) is 6.52. The highest BCUT2D eigenvalue weighted by molar-refractivity contribution is 5.48. The van der Waals surface area contributed by atoms with Crippen LogP contribution in [-0.2, 0) is 6.42 Å². The molecule has 2 heteroatoms. The summed E-state index contributed by atoms with van der Waals surface area (Å²) in [4.78, 5) is 0. The van der Waals surface area contributed by atoms with Crippen LogP contribution in [0.3, 0.4) is 0 Å². The fourth-order valence-corrected chi connectivity index (χ4v) is 1.90. The van der Waals surface area contributed by atoms with Crippen molar-refractivity contribution in [2.24, 2.45) is 0 Å². The first-order valence-corrected chi connectivity index (χ1v) is 6.52. The van der Waals surface area contributed by atoms with Crippen molar-refractivity contribution >= 4 is 6.08 Å². The van der Waals surface area contributed by atoms with E-state index in [1.165, 1.54) is 11.1 Å². The molecule has 0 fully saturated rings. The van der Waals surface area contributed by atoms with E-state index in [1.807, 2.05) is 6.07 Å². The van der Waals surface area contributed by atoms with Crippen LogP contribution >= 0.6 is 0 Å². The maximum atomic E-state index is 2.34. The SMILES string of the molecule is C(=C\c1ccccc1)/C[NH2+]CCc1ccccc1.[Cl-]. The second-order valence-electron chi connectivity index (χ2n) is 4.36. The summed E-state index contributed by atoms with van der Waals surface area (Å²) < 4.78 is 0. The van der Waals surface area contributed by atoms with Crippen LogP contribution < -0.4 is 17.7 Å². The Kier molecular flexibility index (Phi) is 7.64. The molecule has 0 unspecified atom stereocenters. The molecule has 0 aliphatic rings. The smallest absolute Gasteiger partial charge is 0.0945 e. The first-order chi connectivity index (χ1) is 8.95. The van der Waals surface area contributed by atoms with Crippen LogP contribution in [0.4, 0.5) is 0 Å². The molecular formula is C17H20ClN. The molecule has 19 heavy (non-hydrogen) atoms. The summed E-state index contributed by atoms with van der Waals surface area (Å²) in [6.45, 7) is 2.19. The van der Waals surface area contributed by atoms with Gasteiger partial charge in [-0.1, -0.05) is 66.7 Å². The van der Waals surface area contributed by atoms with Gasteiger partial charge >= 0.3 is 0 Å². The number of hydrogen-bond acceptors (Lipinski definition) is 0. The summed E-state index contributed by atoms with van der Waals surface area (Å²) in [6, 6.07) is 21.1. The largest absolute Gasteiger partial charge is 1.00 e. The Hall–Kier alpha value is -1.57. The van der Waals surface area contributed by atoms with Crippen LogP contribution in [-0.4, -0.2) is 13.1 Å². The molecule has 0 aromatic heterocycles. The minimum absolute atomic E-state index is 0. The van der Waals surface area contributed by atoms with Gasteiger partial charge in [-0.05, 0) is 17.2 Å². The van der Waals surface area contributed by atoms with Gasteiger partial charge in [-0.3, -0.25) is 0 Å². The fraction of sp³-hybridized carbons (Fsp3) is 0.176. The second kappa shape index (κ2) is 9.37. The molecule has 0 saturated carbocycles. The van der Waals surface area contributed by atoms with Crippen LogP contribution in [0.5, 0.6) is 0 Å². The van der Waals surface area contributed by atoms with Crippen LogP contribution in [0, 0.1) is 0 Å². The first kappa shape index (κ1) is 15.5. The lowest BCUT2D eigenvalue weighted by Gasteiger charge is -1.99. The van der Waals surface area contributed by atoms with E-state index in [2.05, 4.69) is 72.1 Å². The number of hydrogen-bond donors (Lipinski definition) is 1. The van der Waals surface area contributed by atoms with Gasteiger partial charge in [-0.2, -0.15) is 0 Å². The Morgan fingerprint density at radius 2 is 1.47 bits per heavy atom. The van der Waals surface area contributed by atoms with Gasteiger partial charge < -0.3 is 17.7 Å². The summed E-state index contributed by atoms with van der Waals surface area (Å²) in [6.07, 6.45) is 5.54. The Balaban J connectivity index is 0.00000180. The number of halogens is 1. The number of benzene rings is 2. The van der Waals surface area contributed by atoms with E-state index < -0.39 is 0 Å². The Labute approximate surface area is 121 Å². The van der Waals surface area contributed by atoms with Crippen LogP contribution in [0.15, 0.2) is 66.7 Å². The molecule has 0 aliphatic heterocycles. The number of quaternary nitrogens is 1. The Morgan fingerprint density at radius 3 is 2.16 bits per heavy atom. The quantitative estimate of drug-likeness (QED) is 0.684. The third-order valence-corrected chi connectivity index (χ3v) is 2.89. The molecule has 0 amide bonds. The van der Waals surface area contributed by atoms with Gasteiger partial charge in [0.2, 0.25) is 0 Å². The third kappa shape index (κ3) is 6.23. The van der Waals surface area contributed by atoms with E-state index in [0.29, 0.717) is 0 Å². The molecule has 2 aromatic carbocycles. The molecule has 1 nitrogen and oxygen atoms in total. The van der Waals surface area contributed by atoms with E-state index in [0.717, 1.165) is 19.5 Å². The molecular weight excluding hydrogens is 254 g/mol. The fourth-order valence-electron chi connectivity index (χ4n) is 1.90. The van der Waals surface area contributed by atoms with E-state index in [1.54, 1.807) is 0 Å². The summed E-state index contributed by atoms with van der Waals surface area (Å²) in [7, 11) is 0. The van der Waals surface area contributed by atoms with Crippen molar-refractivity contribution in [3.63, 3.8) is 0 Å². The second-order valence-corrected chi connectivity index (χ2v) is 4.36. The zero-order chi connectivity index (χ0) is 12.5. The van der Waals surface area contributed by atoms with Crippen molar-refractivity contribution in [1.82, 2.24) is 0 Å². The zero-order valence-corrected chi connectivity index (χ0v) is 11.8. The number of rotatable bonds is 6. The summed E-state index contributed by atoms with van der Waals surface area (Å²) >= 11 is 0. The molecule has 0 spiro atoms. The maximum Gasteiger partial charge on any atom is 0.0945 e. The van der Waals surface area contributed by atoms with Crippen molar-refractivity contribution in [3.05, 3.63) is 77.9 Å². The monoisotopic (exact) mass is 273 g/mol. The van der Waals surface area contributed by atoms with Crippen molar-refractivity contribution < 1.29 is 17.7 Å². The van der Waals surface area contributed by atoms with E-state index >= 15 is 0 Å². The van der Waals surface area contributed by atoms with E-state index in [9.17, 15) is 0 Å². The maximum absolute atomic E-state index is 2.34. The highest BCUT2D eigenvalue weighted by Crippen LogP contribution is 1.99. The third-order valence-electron chi connectivity index (χ3n) is 2.89. The molecule has 0 atom stereocenters. The van der Waals surface area contributed by atoms with E-state index in [4.69, 9.17) is 0 Å². The topological polar surface area (TPSA) is 16.6 Å². The minimum Gasteiger partial charge on any atom is -1.00 e. The minimum atomic E-state index is 0. The van der Waals surface area contributed by atoms with Crippen molar-refractivity contribution in [3.8, 4) is 0 Å². The average Bonchev–Trinajstić information content (AvgIpc) is 2.45. The van der Waals surface area contributed by atoms with Gasteiger partial charge in [0.25, 0.3) is 0 Å². The Bertz CT molecular complexity index is 465. The molecule has 0 saturated heterocycles. The van der Waals surface area contributed by atoms with Gasteiger partial charge in [0.15, 0.2) is 0 Å². The number of nitrogens with two attached hydrogens (primary N) is 1. The van der Waals surface area contributed by atoms with Crippen LogP contribution in [0.1, 0.15) is 11.1 Å². The molecule has 2 N–H and O–H groups in total. The molecule has 2 aromatic rings. The summed E-state index contributed by atoms with van der Waals surface area (Å²) in [5.74, 6) is 0. The average molecular weight is 274 g/mol. The molecule has 0 aliphatic carbocycles. The van der Waals surface area contributed by atoms with Gasteiger partial charge in [0.1, 0.15) is 0 Å². The van der Waals surface area contributed by atoms with Crippen LogP contribution in [0.2, 0.25) is 0 Å². The lowest BCUT2D eigenvalue weighted by atomic mass is 10.1. The van der Waals surface area contributed by atoms with E-state index in [-0.39, 0.29) is 12.4 Å². The lowest BCUT2D eigenvalue weighted by Crippen LogP contribution is -3.00. The lowest BCUT2D eigenvalue weighted by molar-refractivity contribution is -0.645. The zero-order valence-electron chi connectivity index (χ0n) is 11.0. The highest BCUT2D eigenvalue weighted by Gasteiger charge is 1.92. The molecule has 0 bridgehead atoms. The summed E-state index contributed by atoms with van der Waals surface area (Å²) in [5.41, 5.74) is 2.69. The molecule has 100 valence electrons. The van der Waals surface area contributed by atoms with Crippen molar-refractivity contribution in [1.29, 1.82) is 0 Å².